The molecule has 4 N–H and O–H groups in total. The topological polar surface area (TPSA) is 180 Å². The number of hydrogen-bond donors (Lipinski definition) is 4. The Balaban J connectivity index is 1.62. The van der Waals surface area contributed by atoms with Gasteiger partial charge in [-0.05, 0) is 68.6 Å². The van der Waals surface area contributed by atoms with Crippen LogP contribution < -0.4 is 21.3 Å². The fourth-order valence-electron chi connectivity index (χ4n) is 9.44. The van der Waals surface area contributed by atoms with Crippen LogP contribution in [0.5, 0.6) is 0 Å². The molecule has 4 fully saturated rings. The minimum absolute atomic E-state index is 0.0198. The molecule has 4 aliphatic rings. The highest BCUT2D eigenvalue weighted by Gasteiger charge is 2.70. The van der Waals surface area contributed by atoms with Gasteiger partial charge in [0.1, 0.15) is 12.1 Å². The number of ether oxygens (including phenoxy) is 1. The molecule has 0 spiro atoms. The average molecular weight is 778 g/mol. The molecular formula is C40H67N5O8S. The molecule has 3 aliphatic carbocycles. The lowest BCUT2D eigenvalue weighted by Gasteiger charge is -2.44. The molecule has 306 valence electrons. The Kier molecular flexibility index (Phi) is 14.1. The number of nitrogens with zero attached hydrogens (tertiary/aromatic N) is 1. The van der Waals surface area contributed by atoms with Crippen molar-refractivity contribution in [2.45, 2.75) is 153 Å². The number of amides is 5. The van der Waals surface area contributed by atoms with E-state index in [-0.39, 0.29) is 48.5 Å². The van der Waals surface area contributed by atoms with E-state index in [0.29, 0.717) is 38.6 Å². The van der Waals surface area contributed by atoms with Gasteiger partial charge in [-0.1, -0.05) is 85.1 Å². The van der Waals surface area contributed by atoms with Gasteiger partial charge in [0.25, 0.3) is 5.91 Å². The molecule has 0 bridgehead atoms. The van der Waals surface area contributed by atoms with E-state index in [1.807, 2.05) is 13.8 Å². The molecule has 5 amide bonds. The van der Waals surface area contributed by atoms with Crippen molar-refractivity contribution in [3.8, 4) is 0 Å². The summed E-state index contributed by atoms with van der Waals surface area (Å²) in [5, 5.41) is 11.5. The molecule has 13 nitrogen and oxygen atoms in total. The van der Waals surface area contributed by atoms with Crippen LogP contribution in [0.2, 0.25) is 0 Å². The van der Waals surface area contributed by atoms with Crippen molar-refractivity contribution in [3.63, 3.8) is 0 Å². The minimum Gasteiger partial charge on any atom is -0.383 e. The Bertz CT molecular complexity index is 1520. The summed E-state index contributed by atoms with van der Waals surface area (Å²) >= 11 is 0. The van der Waals surface area contributed by atoms with E-state index in [1.165, 1.54) is 13.2 Å². The van der Waals surface area contributed by atoms with Crippen LogP contribution in [0.3, 0.4) is 0 Å². The maximum atomic E-state index is 15.0. The Morgan fingerprint density at radius 3 is 2.15 bits per heavy atom. The third kappa shape index (κ3) is 9.50. The van der Waals surface area contributed by atoms with E-state index in [0.717, 1.165) is 44.9 Å². The van der Waals surface area contributed by atoms with Gasteiger partial charge in [-0.3, -0.25) is 19.2 Å². The molecule has 0 radical (unpaired) electrons. The molecule has 54 heavy (non-hydrogen) atoms. The Hall–Kier alpha value is -3.00. The SMILES string of the molecule is C=CCNC(=O)C(=O)[C@H](CCCC)NC(=O)[C@@H]1[C@@H]2[C@H](CN1C(=O)[C@@H](NC(=O)NC1(CS(=O)(=O)C(C)(C)COC)CCCCC1)C1(C)CCCCC1)C2(C)C. The molecule has 0 aromatic carbocycles. The van der Waals surface area contributed by atoms with Gasteiger partial charge in [-0.15, -0.1) is 6.58 Å². The maximum Gasteiger partial charge on any atom is 0.315 e. The van der Waals surface area contributed by atoms with Crippen LogP contribution in [0, 0.1) is 22.7 Å². The van der Waals surface area contributed by atoms with Crippen molar-refractivity contribution >= 4 is 39.4 Å². The maximum absolute atomic E-state index is 15.0. The lowest BCUT2D eigenvalue weighted by molar-refractivity contribution is -0.146. The van der Waals surface area contributed by atoms with Gasteiger partial charge in [-0.2, -0.15) is 0 Å². The first kappa shape index (κ1) is 43.7. The molecule has 1 saturated heterocycles. The Labute approximate surface area is 323 Å². The van der Waals surface area contributed by atoms with Crippen LogP contribution in [0.25, 0.3) is 0 Å². The zero-order chi connectivity index (χ0) is 40.1. The summed E-state index contributed by atoms with van der Waals surface area (Å²) in [6.45, 7) is 15.4. The van der Waals surface area contributed by atoms with Gasteiger partial charge in [0.2, 0.25) is 17.6 Å². The van der Waals surface area contributed by atoms with E-state index in [2.05, 4.69) is 41.7 Å². The number of nitrogens with one attached hydrogen (secondary N) is 4. The zero-order valence-corrected chi connectivity index (χ0v) is 34.6. The monoisotopic (exact) mass is 777 g/mol. The number of carbonyl (C=O) groups is 5. The van der Waals surface area contributed by atoms with E-state index < -0.39 is 67.3 Å². The molecule has 4 rings (SSSR count). The molecule has 3 saturated carbocycles. The number of methoxy groups -OCH3 is 1. The molecule has 1 heterocycles. The number of carbonyl (C=O) groups excluding carboxylic acids is 5. The Morgan fingerprint density at radius 2 is 1.57 bits per heavy atom. The number of hydrogen-bond acceptors (Lipinski definition) is 8. The van der Waals surface area contributed by atoms with Gasteiger partial charge in [0, 0.05) is 20.2 Å². The number of fused-ring (bicyclic) bond motifs is 1. The largest absolute Gasteiger partial charge is 0.383 e. The molecule has 1 aliphatic heterocycles. The summed E-state index contributed by atoms with van der Waals surface area (Å²) in [6.07, 6.45) is 10.8. The van der Waals surface area contributed by atoms with Gasteiger partial charge >= 0.3 is 6.03 Å². The van der Waals surface area contributed by atoms with E-state index in [9.17, 15) is 32.4 Å². The number of Topliss-reactive ketones (excluding diaryl/α,β-unsaturated/α-hetero) is 1. The number of ketones is 1. The fraction of sp³-hybridized carbons (Fsp3) is 0.825. The van der Waals surface area contributed by atoms with E-state index >= 15 is 0 Å². The summed E-state index contributed by atoms with van der Waals surface area (Å²) < 4.78 is 31.6. The second kappa shape index (κ2) is 17.4. The third-order valence-corrected chi connectivity index (χ3v) is 15.8. The van der Waals surface area contributed by atoms with Crippen LogP contribution in [0.15, 0.2) is 12.7 Å². The number of urea groups is 1. The molecule has 5 atom stereocenters. The summed E-state index contributed by atoms with van der Waals surface area (Å²) in [4.78, 5) is 70.9. The van der Waals surface area contributed by atoms with Crippen molar-refractivity contribution in [1.29, 1.82) is 0 Å². The summed E-state index contributed by atoms with van der Waals surface area (Å²) in [6, 6.07) is -3.50. The van der Waals surface area contributed by atoms with Gasteiger partial charge in [0.15, 0.2) is 9.84 Å². The highest BCUT2D eigenvalue weighted by atomic mass is 32.2. The first-order chi connectivity index (χ1) is 25.3. The number of rotatable bonds is 18. The molecule has 14 heteroatoms. The molecular weight excluding hydrogens is 711 g/mol. The highest BCUT2D eigenvalue weighted by molar-refractivity contribution is 7.92. The standard InChI is InChI=1S/C40H67N5O8S/c1-9-11-18-28(31(46)34(48)41-23-10-2)42-33(47)30-29-27(38(29,5)6)24-45(30)35(49)32(39(7)19-14-12-15-20-39)43-36(50)44-40(21-16-13-17-22-40)26-54(51,52)37(3,4)25-53-8/h10,27-30,32H,2,9,11-26H2,1,3-8H3,(H,41,48)(H,42,47)(H2,43,44,50)/t27-,28-,29-,30-,32+/m0/s1. The van der Waals surface area contributed by atoms with Crippen LogP contribution >= 0.6 is 0 Å². The first-order valence-corrected chi connectivity index (χ1v) is 21.8. The second-order valence-electron chi connectivity index (χ2n) is 18.0. The zero-order valence-electron chi connectivity index (χ0n) is 33.8. The summed E-state index contributed by atoms with van der Waals surface area (Å²) in [5.74, 6) is -2.71. The van der Waals surface area contributed by atoms with E-state index in [4.69, 9.17) is 4.74 Å². The number of unbranched alkanes of at least 4 members (excludes halogenated alkanes) is 1. The van der Waals surface area contributed by atoms with Crippen LogP contribution in [0.4, 0.5) is 4.79 Å². The van der Waals surface area contributed by atoms with Crippen molar-refractivity contribution in [2.75, 3.05) is 32.6 Å². The second-order valence-corrected chi connectivity index (χ2v) is 20.6. The fourth-order valence-corrected chi connectivity index (χ4v) is 11.2. The number of sulfone groups is 1. The first-order valence-electron chi connectivity index (χ1n) is 20.1. The van der Waals surface area contributed by atoms with E-state index in [1.54, 1.807) is 18.7 Å². The molecule has 0 aromatic heterocycles. The van der Waals surface area contributed by atoms with Crippen molar-refractivity contribution in [2.24, 2.45) is 22.7 Å². The van der Waals surface area contributed by atoms with Crippen molar-refractivity contribution < 1.29 is 37.1 Å². The number of likely N-dealkylation sites (tertiary alicyclic amines) is 1. The molecule has 0 unspecified atom stereocenters. The third-order valence-electron chi connectivity index (χ3n) is 13.1. The molecule has 0 aromatic rings. The van der Waals surface area contributed by atoms with Gasteiger partial charge in [-0.25, -0.2) is 13.2 Å². The quantitative estimate of drug-likeness (QED) is 0.118. The van der Waals surface area contributed by atoms with Crippen LogP contribution in [0.1, 0.15) is 125 Å². The summed E-state index contributed by atoms with van der Waals surface area (Å²) in [5.41, 5.74) is -1.83. The van der Waals surface area contributed by atoms with Gasteiger partial charge < -0.3 is 30.9 Å². The number of piperidine rings is 1. The lowest BCUT2D eigenvalue weighted by atomic mass is 9.70. The highest BCUT2D eigenvalue weighted by Crippen LogP contribution is 2.65. The normalized spacial score (nSPS) is 25.3. The Morgan fingerprint density at radius 1 is 0.963 bits per heavy atom. The van der Waals surface area contributed by atoms with Crippen LogP contribution in [-0.4, -0.2) is 104 Å². The minimum atomic E-state index is -3.72. The van der Waals surface area contributed by atoms with Crippen molar-refractivity contribution in [1.82, 2.24) is 26.2 Å². The predicted octanol–water partition coefficient (Wildman–Crippen LogP) is 4.20. The van der Waals surface area contributed by atoms with Crippen LogP contribution in [-0.2, 0) is 33.8 Å². The van der Waals surface area contributed by atoms with Crippen molar-refractivity contribution in [3.05, 3.63) is 12.7 Å². The smallest absolute Gasteiger partial charge is 0.315 e. The predicted molar refractivity (Wildman–Crippen MR) is 208 cm³/mol. The summed E-state index contributed by atoms with van der Waals surface area (Å²) in [7, 11) is -2.25. The lowest BCUT2D eigenvalue weighted by Crippen LogP contribution is -2.65. The van der Waals surface area contributed by atoms with Gasteiger partial charge in [0.05, 0.1) is 28.7 Å². The average Bonchev–Trinajstić information content (AvgIpc) is 3.41.